The number of rotatable bonds is 2. The van der Waals surface area contributed by atoms with Crippen LogP contribution >= 0.6 is 0 Å². The molecule has 1 aliphatic rings. The first kappa shape index (κ1) is 15.2. The molecule has 2 atom stereocenters. The predicted octanol–water partition coefficient (Wildman–Crippen LogP) is 2.11. The Morgan fingerprint density at radius 3 is 2.87 bits per heavy atom. The Bertz CT molecular complexity index is 797. The SMILES string of the molecule is N#Cc1cc(C(=O)N2C[C@H](O)C[C@H]2c2cc(F)ccc2F)c[nH]1. The average molecular weight is 317 g/mol. The molecule has 23 heavy (non-hydrogen) atoms. The van der Waals surface area contributed by atoms with Gasteiger partial charge >= 0.3 is 0 Å². The molecule has 5 nitrogen and oxygen atoms in total. The summed E-state index contributed by atoms with van der Waals surface area (Å²) in [5.74, 6) is -1.69. The third-order valence-electron chi connectivity index (χ3n) is 3.91. The monoisotopic (exact) mass is 317 g/mol. The molecule has 1 fully saturated rings. The maximum Gasteiger partial charge on any atom is 0.256 e. The molecule has 1 saturated heterocycles. The summed E-state index contributed by atoms with van der Waals surface area (Å²) in [5, 5.41) is 18.7. The second kappa shape index (κ2) is 5.82. The first-order valence-electron chi connectivity index (χ1n) is 7.02. The number of carbonyl (C=O) groups is 1. The lowest BCUT2D eigenvalue weighted by molar-refractivity contribution is 0.0714. The number of aromatic nitrogens is 1. The van der Waals surface area contributed by atoms with Crippen molar-refractivity contribution in [1.29, 1.82) is 5.26 Å². The molecule has 0 radical (unpaired) electrons. The van der Waals surface area contributed by atoms with E-state index in [9.17, 15) is 18.7 Å². The minimum atomic E-state index is -0.819. The number of likely N-dealkylation sites (tertiary alicyclic amines) is 1. The number of aliphatic hydroxyl groups excluding tert-OH is 1. The van der Waals surface area contributed by atoms with Gasteiger partial charge in [-0.05, 0) is 30.7 Å². The Kier molecular flexibility index (Phi) is 3.84. The van der Waals surface area contributed by atoms with Crippen LogP contribution in [0.5, 0.6) is 0 Å². The molecular formula is C16H13F2N3O2. The largest absolute Gasteiger partial charge is 0.391 e. The quantitative estimate of drug-likeness (QED) is 0.890. The Hall–Kier alpha value is -2.72. The predicted molar refractivity (Wildman–Crippen MR) is 76.3 cm³/mol. The van der Waals surface area contributed by atoms with Gasteiger partial charge in [0.25, 0.3) is 5.91 Å². The summed E-state index contributed by atoms with van der Waals surface area (Å²) in [7, 11) is 0. The number of aromatic amines is 1. The molecule has 0 spiro atoms. The zero-order valence-electron chi connectivity index (χ0n) is 12.0. The van der Waals surface area contributed by atoms with Gasteiger partial charge in [0.05, 0.1) is 17.7 Å². The van der Waals surface area contributed by atoms with Crippen molar-refractivity contribution >= 4 is 5.91 Å². The third-order valence-corrected chi connectivity index (χ3v) is 3.91. The van der Waals surface area contributed by atoms with E-state index in [1.54, 1.807) is 0 Å². The highest BCUT2D eigenvalue weighted by Crippen LogP contribution is 2.35. The fourth-order valence-electron chi connectivity index (χ4n) is 2.85. The molecule has 2 N–H and O–H groups in total. The van der Waals surface area contributed by atoms with Gasteiger partial charge in [0, 0.05) is 18.3 Å². The second-order valence-electron chi connectivity index (χ2n) is 5.44. The van der Waals surface area contributed by atoms with Crippen LogP contribution in [-0.4, -0.2) is 33.5 Å². The van der Waals surface area contributed by atoms with E-state index in [2.05, 4.69) is 4.98 Å². The summed E-state index contributed by atoms with van der Waals surface area (Å²) in [4.78, 5) is 16.5. The molecule has 0 saturated carbocycles. The molecule has 3 rings (SSSR count). The number of halogens is 2. The summed E-state index contributed by atoms with van der Waals surface area (Å²) >= 11 is 0. The maximum absolute atomic E-state index is 14.0. The number of nitriles is 1. The average Bonchev–Trinajstić information content (AvgIpc) is 3.15. The highest BCUT2D eigenvalue weighted by Gasteiger charge is 2.37. The van der Waals surface area contributed by atoms with E-state index < -0.39 is 29.7 Å². The topological polar surface area (TPSA) is 80.1 Å². The van der Waals surface area contributed by atoms with E-state index in [1.165, 1.54) is 17.2 Å². The Balaban J connectivity index is 1.95. The van der Waals surface area contributed by atoms with Crippen LogP contribution in [0.25, 0.3) is 0 Å². The van der Waals surface area contributed by atoms with Crippen molar-refractivity contribution in [1.82, 2.24) is 9.88 Å². The van der Waals surface area contributed by atoms with Gasteiger partial charge in [0.1, 0.15) is 23.4 Å². The molecule has 7 heteroatoms. The Morgan fingerprint density at radius 1 is 1.39 bits per heavy atom. The second-order valence-corrected chi connectivity index (χ2v) is 5.44. The Labute approximate surface area is 130 Å². The van der Waals surface area contributed by atoms with Crippen LogP contribution in [-0.2, 0) is 0 Å². The van der Waals surface area contributed by atoms with Crippen molar-refractivity contribution in [3.8, 4) is 6.07 Å². The number of hydrogen-bond donors (Lipinski definition) is 2. The Morgan fingerprint density at radius 2 is 2.17 bits per heavy atom. The van der Waals surface area contributed by atoms with Crippen LogP contribution in [0.4, 0.5) is 8.78 Å². The molecule has 118 valence electrons. The van der Waals surface area contributed by atoms with Gasteiger partial charge in [0.2, 0.25) is 0 Å². The van der Waals surface area contributed by atoms with Gasteiger partial charge < -0.3 is 15.0 Å². The van der Waals surface area contributed by atoms with E-state index in [0.29, 0.717) is 0 Å². The summed E-state index contributed by atoms with van der Waals surface area (Å²) in [6.07, 6.45) is 0.688. The number of H-pyrrole nitrogens is 1. The first-order valence-corrected chi connectivity index (χ1v) is 7.02. The van der Waals surface area contributed by atoms with Crippen LogP contribution in [0.3, 0.4) is 0 Å². The lowest BCUT2D eigenvalue weighted by atomic mass is 10.0. The van der Waals surface area contributed by atoms with Gasteiger partial charge in [-0.15, -0.1) is 0 Å². The van der Waals surface area contributed by atoms with Crippen molar-refractivity contribution < 1.29 is 18.7 Å². The van der Waals surface area contributed by atoms with Gasteiger partial charge in [-0.2, -0.15) is 5.26 Å². The van der Waals surface area contributed by atoms with Crippen molar-refractivity contribution in [3.05, 3.63) is 58.9 Å². The summed E-state index contributed by atoms with van der Waals surface area (Å²) < 4.78 is 27.4. The number of β-amino-alcohol motifs (C(OH)–C–C–N with tert-alkyl or cyclic N) is 1. The molecule has 1 aliphatic heterocycles. The minimum Gasteiger partial charge on any atom is -0.391 e. The summed E-state index contributed by atoms with van der Waals surface area (Å²) in [5.41, 5.74) is 0.491. The highest BCUT2D eigenvalue weighted by molar-refractivity contribution is 5.95. The minimum absolute atomic E-state index is 0.0204. The number of aliphatic hydroxyl groups is 1. The molecule has 0 aliphatic carbocycles. The molecule has 1 aromatic carbocycles. The number of hydrogen-bond acceptors (Lipinski definition) is 3. The number of carbonyl (C=O) groups excluding carboxylic acids is 1. The van der Waals surface area contributed by atoms with E-state index in [1.807, 2.05) is 6.07 Å². The number of amides is 1. The lowest BCUT2D eigenvalue weighted by Gasteiger charge is -2.24. The van der Waals surface area contributed by atoms with Crippen LogP contribution < -0.4 is 0 Å². The van der Waals surface area contributed by atoms with E-state index >= 15 is 0 Å². The molecule has 0 bridgehead atoms. The number of nitrogens with zero attached hydrogens (tertiary/aromatic N) is 2. The molecule has 2 aromatic rings. The fourth-order valence-corrected chi connectivity index (χ4v) is 2.85. The van der Waals surface area contributed by atoms with Gasteiger partial charge in [-0.25, -0.2) is 8.78 Å². The van der Waals surface area contributed by atoms with Crippen molar-refractivity contribution in [2.45, 2.75) is 18.6 Å². The summed E-state index contributed by atoms with van der Waals surface area (Å²) in [6.45, 7) is 0.0204. The van der Waals surface area contributed by atoms with E-state index in [0.717, 1.165) is 18.2 Å². The van der Waals surface area contributed by atoms with Crippen molar-refractivity contribution in [3.63, 3.8) is 0 Å². The zero-order valence-corrected chi connectivity index (χ0v) is 12.0. The van der Waals surface area contributed by atoms with E-state index in [4.69, 9.17) is 5.26 Å². The number of benzene rings is 1. The highest BCUT2D eigenvalue weighted by atomic mass is 19.1. The standard InChI is InChI=1S/C16H13F2N3O2/c17-10-1-2-14(18)13(4-10)15-5-12(22)8-21(15)16(23)9-3-11(6-19)20-7-9/h1-4,7,12,15,20,22H,5,8H2/t12-,15+/m1/s1. The lowest BCUT2D eigenvalue weighted by Crippen LogP contribution is -2.32. The third kappa shape index (κ3) is 2.81. The smallest absolute Gasteiger partial charge is 0.256 e. The van der Waals surface area contributed by atoms with Gasteiger partial charge in [-0.1, -0.05) is 0 Å². The van der Waals surface area contributed by atoms with Crippen LogP contribution in [0.2, 0.25) is 0 Å². The van der Waals surface area contributed by atoms with E-state index in [-0.39, 0.29) is 29.8 Å². The van der Waals surface area contributed by atoms with Crippen LogP contribution in [0, 0.1) is 23.0 Å². The maximum atomic E-state index is 14.0. The van der Waals surface area contributed by atoms with Gasteiger partial charge in [-0.3, -0.25) is 4.79 Å². The fraction of sp³-hybridized carbons (Fsp3) is 0.250. The molecular weight excluding hydrogens is 304 g/mol. The van der Waals surface area contributed by atoms with Crippen molar-refractivity contribution in [2.24, 2.45) is 0 Å². The molecule has 1 aromatic heterocycles. The molecule has 1 amide bonds. The normalized spacial score (nSPS) is 20.5. The van der Waals surface area contributed by atoms with Crippen LogP contribution in [0.15, 0.2) is 30.5 Å². The number of nitrogens with one attached hydrogen (secondary N) is 1. The van der Waals surface area contributed by atoms with Crippen molar-refractivity contribution in [2.75, 3.05) is 6.54 Å². The molecule has 2 heterocycles. The molecule has 0 unspecified atom stereocenters. The summed E-state index contributed by atoms with van der Waals surface area (Å²) in [6, 6.07) is 5.54. The van der Waals surface area contributed by atoms with Gasteiger partial charge in [0.15, 0.2) is 0 Å². The zero-order chi connectivity index (χ0) is 16.6. The van der Waals surface area contributed by atoms with Crippen LogP contribution in [0.1, 0.15) is 34.1 Å². The first-order chi connectivity index (χ1) is 11.0.